The number of rotatable bonds is 3. The van der Waals surface area contributed by atoms with Gasteiger partial charge in [-0.15, -0.1) is 0 Å². The van der Waals surface area contributed by atoms with Crippen LogP contribution >= 0.6 is 27.3 Å². The van der Waals surface area contributed by atoms with Crippen LogP contribution in [0.4, 0.5) is 5.69 Å². The fourth-order valence-corrected chi connectivity index (χ4v) is 1.32. The minimum absolute atomic E-state index is 0.788. The van der Waals surface area contributed by atoms with Crippen molar-refractivity contribution in [3.63, 3.8) is 0 Å². The van der Waals surface area contributed by atoms with E-state index in [4.69, 9.17) is 0 Å². The summed E-state index contributed by atoms with van der Waals surface area (Å²) in [5, 5.41) is 7.29. The van der Waals surface area contributed by atoms with Gasteiger partial charge in [-0.25, -0.2) is 0 Å². The van der Waals surface area contributed by atoms with Crippen LogP contribution in [0, 0.1) is 0 Å². The molecule has 0 saturated heterocycles. The topological polar surface area (TPSA) is 12.0 Å². The second-order valence-electron chi connectivity index (χ2n) is 1.88. The van der Waals surface area contributed by atoms with E-state index in [0.29, 0.717) is 0 Å². The molecule has 1 N–H and O–H groups in total. The Kier molecular flexibility index (Phi) is 2.96. The maximum absolute atomic E-state index is 3.71. The molecule has 0 saturated carbocycles. The normalized spacial score (nSPS) is 9.30. The number of nitrogens with one attached hydrogen (secondary N) is 1. The van der Waals surface area contributed by atoms with Crippen molar-refractivity contribution in [2.24, 2.45) is 0 Å². The molecular weight excluding hydrogens is 210 g/mol. The van der Waals surface area contributed by atoms with Gasteiger partial charge in [0.25, 0.3) is 0 Å². The molecule has 1 aromatic rings. The van der Waals surface area contributed by atoms with E-state index in [0.717, 1.165) is 16.7 Å². The molecular formula is C7H8BrNS. The van der Waals surface area contributed by atoms with Crippen LogP contribution in [-0.4, -0.2) is 6.54 Å². The van der Waals surface area contributed by atoms with Crippen molar-refractivity contribution >= 4 is 33.0 Å². The van der Waals surface area contributed by atoms with Crippen molar-refractivity contribution < 1.29 is 0 Å². The number of anilines is 1. The molecule has 1 aromatic heterocycles. The zero-order valence-electron chi connectivity index (χ0n) is 5.43. The molecule has 1 heterocycles. The molecule has 0 spiro atoms. The van der Waals surface area contributed by atoms with Crippen LogP contribution in [0.15, 0.2) is 27.9 Å². The highest BCUT2D eigenvalue weighted by Crippen LogP contribution is 2.12. The Bertz CT molecular complexity index is 205. The van der Waals surface area contributed by atoms with Crippen molar-refractivity contribution in [1.29, 1.82) is 0 Å². The standard InChI is InChI=1S/C7H8BrNS/c1-6(8)4-9-7-2-3-10-5-7/h2-3,5,9H,1,4H2. The van der Waals surface area contributed by atoms with Crippen LogP contribution in [0.1, 0.15) is 0 Å². The molecule has 0 radical (unpaired) electrons. The van der Waals surface area contributed by atoms with Gasteiger partial charge in [-0.3, -0.25) is 0 Å². The molecule has 0 aliphatic heterocycles. The first-order valence-electron chi connectivity index (χ1n) is 2.88. The van der Waals surface area contributed by atoms with E-state index < -0.39 is 0 Å². The first kappa shape index (κ1) is 7.82. The second kappa shape index (κ2) is 3.78. The van der Waals surface area contributed by atoms with E-state index >= 15 is 0 Å². The van der Waals surface area contributed by atoms with Crippen molar-refractivity contribution in [2.75, 3.05) is 11.9 Å². The molecule has 0 amide bonds. The summed E-state index contributed by atoms with van der Waals surface area (Å²) in [6.07, 6.45) is 0. The van der Waals surface area contributed by atoms with Crippen LogP contribution in [0.2, 0.25) is 0 Å². The smallest absolute Gasteiger partial charge is 0.0460 e. The summed E-state index contributed by atoms with van der Waals surface area (Å²) in [5.41, 5.74) is 1.16. The molecule has 1 rings (SSSR count). The predicted molar refractivity (Wildman–Crippen MR) is 50.9 cm³/mol. The lowest BCUT2D eigenvalue weighted by atomic mass is 10.5. The van der Waals surface area contributed by atoms with E-state index in [-0.39, 0.29) is 0 Å². The van der Waals surface area contributed by atoms with Crippen LogP contribution in [-0.2, 0) is 0 Å². The average molecular weight is 218 g/mol. The van der Waals surface area contributed by atoms with E-state index in [1.807, 2.05) is 11.4 Å². The van der Waals surface area contributed by atoms with Crippen molar-refractivity contribution in [3.05, 3.63) is 27.9 Å². The van der Waals surface area contributed by atoms with E-state index in [2.05, 4.69) is 33.2 Å². The summed E-state index contributed by atoms with van der Waals surface area (Å²) in [5.74, 6) is 0. The Morgan fingerprint density at radius 3 is 3.10 bits per heavy atom. The Morgan fingerprint density at radius 1 is 1.80 bits per heavy atom. The Hall–Kier alpha value is -0.280. The number of halogens is 1. The molecule has 1 nitrogen and oxygen atoms in total. The molecule has 0 aliphatic rings. The molecule has 10 heavy (non-hydrogen) atoms. The quantitative estimate of drug-likeness (QED) is 0.822. The first-order chi connectivity index (χ1) is 4.79. The predicted octanol–water partition coefficient (Wildman–Crippen LogP) is 3.07. The molecule has 0 unspecified atom stereocenters. The Balaban J connectivity index is 2.35. The van der Waals surface area contributed by atoms with Gasteiger partial charge in [-0.1, -0.05) is 22.5 Å². The summed E-state index contributed by atoms with van der Waals surface area (Å²) in [6.45, 7) is 4.50. The Morgan fingerprint density at radius 2 is 2.60 bits per heavy atom. The van der Waals surface area contributed by atoms with Crippen LogP contribution < -0.4 is 5.32 Å². The van der Waals surface area contributed by atoms with Gasteiger partial charge in [-0.05, 0) is 11.4 Å². The van der Waals surface area contributed by atoms with Gasteiger partial charge in [0.2, 0.25) is 0 Å². The number of hydrogen-bond donors (Lipinski definition) is 1. The van der Waals surface area contributed by atoms with Crippen molar-refractivity contribution in [2.45, 2.75) is 0 Å². The van der Waals surface area contributed by atoms with Gasteiger partial charge in [-0.2, -0.15) is 11.3 Å². The van der Waals surface area contributed by atoms with Gasteiger partial charge < -0.3 is 5.32 Å². The minimum Gasteiger partial charge on any atom is -0.380 e. The summed E-state index contributed by atoms with van der Waals surface area (Å²) in [7, 11) is 0. The largest absolute Gasteiger partial charge is 0.380 e. The highest BCUT2D eigenvalue weighted by atomic mass is 79.9. The monoisotopic (exact) mass is 217 g/mol. The molecule has 54 valence electrons. The van der Waals surface area contributed by atoms with E-state index in [9.17, 15) is 0 Å². The fourth-order valence-electron chi connectivity index (χ4n) is 0.563. The summed E-state index contributed by atoms with van der Waals surface area (Å²) < 4.78 is 0.971. The third kappa shape index (κ3) is 2.54. The lowest BCUT2D eigenvalue weighted by Gasteiger charge is -1.99. The zero-order chi connectivity index (χ0) is 7.40. The maximum Gasteiger partial charge on any atom is 0.0460 e. The molecule has 0 fully saturated rings. The van der Waals surface area contributed by atoms with Gasteiger partial charge >= 0.3 is 0 Å². The maximum atomic E-state index is 3.71. The molecule has 0 aromatic carbocycles. The summed E-state index contributed by atoms with van der Waals surface area (Å²) >= 11 is 4.95. The van der Waals surface area contributed by atoms with Gasteiger partial charge in [0.05, 0.1) is 0 Å². The van der Waals surface area contributed by atoms with E-state index in [1.54, 1.807) is 11.3 Å². The van der Waals surface area contributed by atoms with Gasteiger partial charge in [0.15, 0.2) is 0 Å². The lowest BCUT2D eigenvalue weighted by Crippen LogP contribution is -1.98. The third-order valence-electron chi connectivity index (χ3n) is 1.01. The third-order valence-corrected chi connectivity index (χ3v) is 1.97. The molecule has 3 heteroatoms. The second-order valence-corrected chi connectivity index (χ2v) is 3.78. The van der Waals surface area contributed by atoms with Crippen molar-refractivity contribution in [1.82, 2.24) is 0 Å². The Labute approximate surface area is 72.9 Å². The fraction of sp³-hybridized carbons (Fsp3) is 0.143. The molecule has 0 atom stereocenters. The molecule has 0 aliphatic carbocycles. The first-order valence-corrected chi connectivity index (χ1v) is 4.62. The SMILES string of the molecule is C=C(Br)CNc1ccsc1. The van der Waals surface area contributed by atoms with Crippen molar-refractivity contribution in [3.8, 4) is 0 Å². The zero-order valence-corrected chi connectivity index (χ0v) is 7.83. The van der Waals surface area contributed by atoms with E-state index in [1.165, 1.54) is 0 Å². The number of hydrogen-bond acceptors (Lipinski definition) is 2. The van der Waals surface area contributed by atoms with Gasteiger partial charge in [0, 0.05) is 22.1 Å². The molecule has 0 bridgehead atoms. The lowest BCUT2D eigenvalue weighted by molar-refractivity contribution is 1.34. The summed E-state index contributed by atoms with van der Waals surface area (Å²) in [6, 6.07) is 2.04. The minimum atomic E-state index is 0.788. The highest BCUT2D eigenvalue weighted by molar-refractivity contribution is 9.11. The van der Waals surface area contributed by atoms with Crippen LogP contribution in [0.3, 0.4) is 0 Å². The number of thiophene rings is 1. The highest BCUT2D eigenvalue weighted by Gasteiger charge is 1.89. The van der Waals surface area contributed by atoms with Gasteiger partial charge in [0.1, 0.15) is 0 Å². The van der Waals surface area contributed by atoms with Crippen LogP contribution in [0.5, 0.6) is 0 Å². The van der Waals surface area contributed by atoms with Crippen LogP contribution in [0.25, 0.3) is 0 Å². The summed E-state index contributed by atoms with van der Waals surface area (Å²) in [4.78, 5) is 0. The average Bonchev–Trinajstić information content (AvgIpc) is 2.34.